The number of phenols is 2. The summed E-state index contributed by atoms with van der Waals surface area (Å²) in [6.07, 6.45) is 0. The molecule has 20 heavy (non-hydrogen) atoms. The molecule has 0 aliphatic carbocycles. The maximum Gasteiger partial charge on any atom is 0.221 e. The Kier molecular flexibility index (Phi) is 3.92. The number of nitrogens with one attached hydrogen (secondary N) is 1. The van der Waals surface area contributed by atoms with Gasteiger partial charge in [0.1, 0.15) is 11.5 Å². The van der Waals surface area contributed by atoms with Gasteiger partial charge in [0, 0.05) is 29.8 Å². The average molecular weight is 267 g/mol. The summed E-state index contributed by atoms with van der Waals surface area (Å²) in [6, 6.07) is 11.3. The first-order chi connectivity index (χ1) is 9.52. The third kappa shape index (κ3) is 3.79. The summed E-state index contributed by atoms with van der Waals surface area (Å²) in [5, 5.41) is 21.4. The van der Waals surface area contributed by atoms with E-state index in [9.17, 15) is 15.0 Å². The molecule has 2 aromatic carbocycles. The maximum atomic E-state index is 10.9. The summed E-state index contributed by atoms with van der Waals surface area (Å²) in [5.74, 6) is 5.57. The zero-order valence-corrected chi connectivity index (χ0v) is 10.8. The minimum Gasteiger partial charge on any atom is -0.508 e. The highest BCUT2D eigenvalue weighted by atomic mass is 16.3. The lowest BCUT2D eigenvalue weighted by atomic mass is 10.1. The lowest BCUT2D eigenvalue weighted by Gasteiger charge is -2.00. The quantitative estimate of drug-likeness (QED) is 0.695. The Balaban J connectivity index is 2.18. The predicted molar refractivity (Wildman–Crippen MR) is 76.5 cm³/mol. The van der Waals surface area contributed by atoms with Gasteiger partial charge in [0.05, 0.1) is 0 Å². The predicted octanol–water partition coefficient (Wildman–Crippen LogP) is 2.46. The number of rotatable bonds is 1. The number of phenolic OH excluding ortho intramolecular Hbond substituents is 2. The molecule has 2 rings (SSSR count). The van der Waals surface area contributed by atoms with Gasteiger partial charge >= 0.3 is 0 Å². The van der Waals surface area contributed by atoms with Crippen molar-refractivity contribution in [3.8, 4) is 23.3 Å². The molecule has 3 N–H and O–H groups in total. The van der Waals surface area contributed by atoms with Crippen LogP contribution in [0, 0.1) is 11.8 Å². The van der Waals surface area contributed by atoms with Crippen molar-refractivity contribution in [2.75, 3.05) is 5.32 Å². The van der Waals surface area contributed by atoms with Crippen LogP contribution in [-0.4, -0.2) is 16.1 Å². The van der Waals surface area contributed by atoms with Crippen molar-refractivity contribution in [3.05, 3.63) is 53.6 Å². The number of amides is 1. The summed E-state index contributed by atoms with van der Waals surface area (Å²) in [5.41, 5.74) is 1.99. The number of hydrogen-bond donors (Lipinski definition) is 3. The molecular formula is C16H13NO3. The van der Waals surface area contributed by atoms with Crippen molar-refractivity contribution in [1.82, 2.24) is 0 Å². The number of aromatic hydroxyl groups is 2. The lowest BCUT2D eigenvalue weighted by molar-refractivity contribution is -0.114. The molecule has 0 aromatic heterocycles. The van der Waals surface area contributed by atoms with E-state index in [-0.39, 0.29) is 17.4 Å². The Morgan fingerprint density at radius 3 is 2.05 bits per heavy atom. The van der Waals surface area contributed by atoms with Crippen molar-refractivity contribution in [2.24, 2.45) is 0 Å². The van der Waals surface area contributed by atoms with Gasteiger partial charge in [-0.3, -0.25) is 4.79 Å². The van der Waals surface area contributed by atoms with Gasteiger partial charge in [-0.05, 0) is 36.4 Å². The number of carbonyl (C=O) groups is 1. The minimum atomic E-state index is -0.126. The van der Waals surface area contributed by atoms with Crippen LogP contribution < -0.4 is 5.32 Å². The first kappa shape index (κ1) is 13.5. The maximum absolute atomic E-state index is 10.9. The van der Waals surface area contributed by atoms with Gasteiger partial charge in [0.25, 0.3) is 0 Å². The molecule has 0 spiro atoms. The van der Waals surface area contributed by atoms with Crippen molar-refractivity contribution in [1.29, 1.82) is 0 Å². The molecule has 0 aliphatic rings. The topological polar surface area (TPSA) is 69.6 Å². The highest BCUT2D eigenvalue weighted by Crippen LogP contribution is 2.19. The molecule has 4 nitrogen and oxygen atoms in total. The summed E-state index contributed by atoms with van der Waals surface area (Å²) >= 11 is 0. The zero-order chi connectivity index (χ0) is 14.5. The van der Waals surface area contributed by atoms with Gasteiger partial charge in [0.2, 0.25) is 5.91 Å². The first-order valence-corrected chi connectivity index (χ1v) is 5.95. The van der Waals surface area contributed by atoms with E-state index in [1.165, 1.54) is 25.1 Å². The normalized spacial score (nSPS) is 9.45. The molecule has 0 radical (unpaired) electrons. The molecule has 0 bridgehead atoms. The van der Waals surface area contributed by atoms with E-state index >= 15 is 0 Å². The van der Waals surface area contributed by atoms with Crippen LogP contribution in [0.25, 0.3) is 0 Å². The van der Waals surface area contributed by atoms with Gasteiger partial charge in [-0.15, -0.1) is 0 Å². The second-order valence-corrected chi connectivity index (χ2v) is 4.25. The smallest absolute Gasteiger partial charge is 0.221 e. The Hall–Kier alpha value is -2.93. The number of hydrogen-bond acceptors (Lipinski definition) is 3. The highest BCUT2D eigenvalue weighted by molar-refractivity contribution is 5.88. The molecule has 100 valence electrons. The van der Waals surface area contributed by atoms with Crippen molar-refractivity contribution in [3.63, 3.8) is 0 Å². The number of anilines is 1. The van der Waals surface area contributed by atoms with Crippen LogP contribution in [0.2, 0.25) is 0 Å². The molecule has 4 heteroatoms. The Morgan fingerprint density at radius 1 is 0.950 bits per heavy atom. The minimum absolute atomic E-state index is 0.0321. The molecule has 0 unspecified atom stereocenters. The van der Waals surface area contributed by atoms with Gasteiger partial charge in [0.15, 0.2) is 0 Å². The fourth-order valence-corrected chi connectivity index (χ4v) is 1.65. The fourth-order valence-electron chi connectivity index (χ4n) is 1.65. The summed E-state index contributed by atoms with van der Waals surface area (Å²) in [6.45, 7) is 1.45. The lowest BCUT2D eigenvalue weighted by Crippen LogP contribution is -2.05. The average Bonchev–Trinajstić information content (AvgIpc) is 2.36. The van der Waals surface area contributed by atoms with E-state index in [2.05, 4.69) is 17.2 Å². The first-order valence-electron chi connectivity index (χ1n) is 5.95. The Bertz CT molecular complexity index is 674. The number of benzene rings is 2. The third-order valence-corrected chi connectivity index (χ3v) is 2.46. The van der Waals surface area contributed by atoms with Crippen molar-refractivity contribution < 1.29 is 15.0 Å². The monoisotopic (exact) mass is 267 g/mol. The largest absolute Gasteiger partial charge is 0.508 e. The van der Waals surface area contributed by atoms with Crippen molar-refractivity contribution in [2.45, 2.75) is 6.92 Å². The molecule has 0 heterocycles. The van der Waals surface area contributed by atoms with Crippen LogP contribution in [-0.2, 0) is 4.79 Å². The van der Waals surface area contributed by atoms with Crippen LogP contribution in [0.3, 0.4) is 0 Å². The molecular weight excluding hydrogens is 254 g/mol. The summed E-state index contributed by atoms with van der Waals surface area (Å²) in [4.78, 5) is 10.9. The fraction of sp³-hybridized carbons (Fsp3) is 0.0625. The van der Waals surface area contributed by atoms with E-state index in [1.807, 2.05) is 0 Å². The van der Waals surface area contributed by atoms with E-state index in [0.717, 1.165) is 5.56 Å². The highest BCUT2D eigenvalue weighted by Gasteiger charge is 1.97. The molecule has 0 fully saturated rings. The van der Waals surface area contributed by atoms with Crippen LogP contribution in [0.5, 0.6) is 11.5 Å². The van der Waals surface area contributed by atoms with Crippen LogP contribution in [0.15, 0.2) is 42.5 Å². The van der Waals surface area contributed by atoms with E-state index in [1.54, 1.807) is 24.3 Å². The van der Waals surface area contributed by atoms with Gasteiger partial charge in [-0.1, -0.05) is 11.8 Å². The van der Waals surface area contributed by atoms with Gasteiger partial charge < -0.3 is 15.5 Å². The standard InChI is InChI=1S/C16H13NO3/c1-11(18)17-14-6-4-12(5-7-14)2-3-13-8-15(19)10-16(20)9-13/h4-10,19-20H,1H3,(H,17,18). The molecule has 0 saturated heterocycles. The SMILES string of the molecule is CC(=O)Nc1ccc(C#Cc2cc(O)cc(O)c2)cc1. The Morgan fingerprint density at radius 2 is 1.50 bits per heavy atom. The van der Waals surface area contributed by atoms with Crippen LogP contribution >= 0.6 is 0 Å². The molecule has 0 atom stereocenters. The third-order valence-electron chi connectivity index (χ3n) is 2.46. The second-order valence-electron chi connectivity index (χ2n) is 4.25. The number of carbonyl (C=O) groups excluding carboxylic acids is 1. The van der Waals surface area contributed by atoms with E-state index < -0.39 is 0 Å². The molecule has 0 aliphatic heterocycles. The molecule has 2 aromatic rings. The zero-order valence-electron chi connectivity index (χ0n) is 10.8. The van der Waals surface area contributed by atoms with Gasteiger partial charge in [-0.25, -0.2) is 0 Å². The van der Waals surface area contributed by atoms with Crippen molar-refractivity contribution >= 4 is 11.6 Å². The van der Waals surface area contributed by atoms with E-state index in [0.29, 0.717) is 11.3 Å². The molecule has 1 amide bonds. The van der Waals surface area contributed by atoms with Gasteiger partial charge in [-0.2, -0.15) is 0 Å². The molecule has 0 saturated carbocycles. The van der Waals surface area contributed by atoms with E-state index in [4.69, 9.17) is 0 Å². The summed E-state index contributed by atoms with van der Waals surface area (Å²) in [7, 11) is 0. The summed E-state index contributed by atoms with van der Waals surface area (Å²) < 4.78 is 0. The Labute approximate surface area is 116 Å². The second kappa shape index (κ2) is 5.81. The van der Waals surface area contributed by atoms with Crippen LogP contribution in [0.1, 0.15) is 18.1 Å². The van der Waals surface area contributed by atoms with Crippen LogP contribution in [0.4, 0.5) is 5.69 Å².